The van der Waals surface area contributed by atoms with Gasteiger partial charge in [0.05, 0.1) is 11.5 Å². The third-order valence-corrected chi connectivity index (χ3v) is 3.25. The number of carbonyl (C=O) groups is 1. The van der Waals surface area contributed by atoms with E-state index >= 15 is 0 Å². The van der Waals surface area contributed by atoms with E-state index in [-0.39, 0.29) is 17.4 Å². The molecule has 1 aliphatic heterocycles. The van der Waals surface area contributed by atoms with Crippen molar-refractivity contribution in [1.82, 2.24) is 10.6 Å². The van der Waals surface area contributed by atoms with E-state index in [2.05, 4.69) is 17.6 Å². The normalized spacial score (nSPS) is 27.7. The number of amides is 1. The van der Waals surface area contributed by atoms with Crippen LogP contribution in [0.3, 0.4) is 0 Å². The Kier molecular flexibility index (Phi) is 4.54. The Morgan fingerprint density at radius 1 is 1.67 bits per heavy atom. The summed E-state index contributed by atoms with van der Waals surface area (Å²) in [6.45, 7) is 6.07. The van der Waals surface area contributed by atoms with Gasteiger partial charge in [-0.25, -0.2) is 0 Å². The zero-order valence-corrected chi connectivity index (χ0v) is 9.68. The fourth-order valence-corrected chi connectivity index (χ4v) is 1.98. The summed E-state index contributed by atoms with van der Waals surface area (Å²) in [5.41, 5.74) is -0.210. The summed E-state index contributed by atoms with van der Waals surface area (Å²) in [6, 6.07) is 0. The number of aliphatic hydroxyl groups excluding tert-OH is 1. The van der Waals surface area contributed by atoms with E-state index < -0.39 is 0 Å². The molecule has 4 heteroatoms. The predicted molar refractivity (Wildman–Crippen MR) is 59.5 cm³/mol. The van der Waals surface area contributed by atoms with E-state index in [9.17, 15) is 4.79 Å². The van der Waals surface area contributed by atoms with Crippen molar-refractivity contribution in [2.24, 2.45) is 5.41 Å². The summed E-state index contributed by atoms with van der Waals surface area (Å²) < 4.78 is 0. The lowest BCUT2D eigenvalue weighted by molar-refractivity contribution is -0.130. The van der Waals surface area contributed by atoms with E-state index in [1.807, 2.05) is 0 Å². The van der Waals surface area contributed by atoms with Crippen LogP contribution in [0.4, 0.5) is 0 Å². The van der Waals surface area contributed by atoms with E-state index in [1.54, 1.807) is 6.92 Å². The van der Waals surface area contributed by atoms with Crippen molar-refractivity contribution in [3.05, 3.63) is 0 Å². The lowest BCUT2D eigenvalue weighted by Crippen LogP contribution is -2.42. The van der Waals surface area contributed by atoms with Gasteiger partial charge in [0.2, 0.25) is 5.91 Å². The van der Waals surface area contributed by atoms with E-state index in [0.717, 1.165) is 25.9 Å². The van der Waals surface area contributed by atoms with Crippen molar-refractivity contribution < 1.29 is 9.90 Å². The predicted octanol–water partition coefficient (Wildman–Crippen LogP) is 0.263. The largest absolute Gasteiger partial charge is 0.393 e. The third kappa shape index (κ3) is 3.18. The molecule has 1 fully saturated rings. The Morgan fingerprint density at radius 2 is 2.40 bits per heavy atom. The molecule has 1 amide bonds. The van der Waals surface area contributed by atoms with Gasteiger partial charge in [-0.3, -0.25) is 4.79 Å². The summed E-state index contributed by atoms with van der Waals surface area (Å²) in [7, 11) is 0. The summed E-state index contributed by atoms with van der Waals surface area (Å²) in [5, 5.41) is 15.2. The molecule has 1 saturated heterocycles. The van der Waals surface area contributed by atoms with Crippen molar-refractivity contribution in [3.8, 4) is 0 Å². The van der Waals surface area contributed by atoms with Crippen LogP contribution in [0, 0.1) is 5.41 Å². The van der Waals surface area contributed by atoms with E-state index in [0.29, 0.717) is 13.0 Å². The average molecular weight is 214 g/mol. The van der Waals surface area contributed by atoms with Crippen LogP contribution in [0.25, 0.3) is 0 Å². The molecular weight excluding hydrogens is 192 g/mol. The Balaban J connectivity index is 2.37. The first kappa shape index (κ1) is 12.5. The molecule has 4 nitrogen and oxygen atoms in total. The number of nitrogens with one attached hydrogen (secondary N) is 2. The van der Waals surface area contributed by atoms with Crippen molar-refractivity contribution in [2.75, 3.05) is 19.6 Å². The molecule has 1 heterocycles. The molecule has 2 unspecified atom stereocenters. The quantitative estimate of drug-likeness (QED) is 0.615. The van der Waals surface area contributed by atoms with Crippen molar-refractivity contribution in [3.63, 3.8) is 0 Å². The molecule has 15 heavy (non-hydrogen) atoms. The topological polar surface area (TPSA) is 61.4 Å². The second-order valence-corrected chi connectivity index (χ2v) is 4.45. The minimum atomic E-state index is -0.343. The minimum absolute atomic E-state index is 0.135. The Labute approximate surface area is 91.4 Å². The molecule has 0 aromatic heterocycles. The molecule has 0 bridgehead atoms. The molecule has 0 aromatic rings. The number of hydrogen-bond acceptors (Lipinski definition) is 3. The lowest BCUT2D eigenvalue weighted by Gasteiger charge is -2.25. The van der Waals surface area contributed by atoms with Crippen molar-refractivity contribution >= 4 is 5.91 Å². The molecule has 2 atom stereocenters. The SMILES string of the molecule is CCC1(C(=O)NCCC(C)O)CCNC1. The Bertz CT molecular complexity index is 211. The molecule has 0 spiro atoms. The molecule has 1 aliphatic rings. The zero-order valence-electron chi connectivity index (χ0n) is 9.68. The van der Waals surface area contributed by atoms with Gasteiger partial charge in [-0.15, -0.1) is 0 Å². The maximum Gasteiger partial charge on any atom is 0.227 e. The van der Waals surface area contributed by atoms with Gasteiger partial charge in [0.25, 0.3) is 0 Å². The molecule has 0 aromatic carbocycles. The molecule has 1 rings (SSSR count). The third-order valence-electron chi connectivity index (χ3n) is 3.25. The van der Waals surface area contributed by atoms with Crippen LogP contribution >= 0.6 is 0 Å². The van der Waals surface area contributed by atoms with Gasteiger partial charge in [0.1, 0.15) is 0 Å². The van der Waals surface area contributed by atoms with E-state index in [1.165, 1.54) is 0 Å². The number of hydrogen-bond donors (Lipinski definition) is 3. The van der Waals surface area contributed by atoms with Crippen LogP contribution in [0.1, 0.15) is 33.1 Å². The average Bonchev–Trinajstić information content (AvgIpc) is 2.66. The number of rotatable bonds is 5. The molecule has 88 valence electrons. The summed E-state index contributed by atoms with van der Waals surface area (Å²) in [5.74, 6) is 0.135. The smallest absolute Gasteiger partial charge is 0.227 e. The van der Waals surface area contributed by atoms with Gasteiger partial charge in [-0.05, 0) is 32.7 Å². The van der Waals surface area contributed by atoms with Gasteiger partial charge in [-0.1, -0.05) is 6.92 Å². The molecule has 0 saturated carbocycles. The molecular formula is C11H22N2O2. The highest BCUT2D eigenvalue weighted by molar-refractivity contribution is 5.83. The summed E-state index contributed by atoms with van der Waals surface area (Å²) in [6.07, 6.45) is 2.08. The lowest BCUT2D eigenvalue weighted by atomic mass is 9.83. The first-order chi connectivity index (χ1) is 7.10. The monoisotopic (exact) mass is 214 g/mol. The first-order valence-corrected chi connectivity index (χ1v) is 5.78. The van der Waals surface area contributed by atoms with Crippen LogP contribution in [-0.2, 0) is 4.79 Å². The van der Waals surface area contributed by atoms with Gasteiger partial charge in [0, 0.05) is 13.1 Å². The maximum atomic E-state index is 11.9. The number of carbonyl (C=O) groups excluding carboxylic acids is 1. The van der Waals surface area contributed by atoms with Crippen LogP contribution < -0.4 is 10.6 Å². The standard InChI is InChI=1S/C11H22N2O2/c1-3-11(5-7-12-8-11)10(15)13-6-4-9(2)14/h9,12,14H,3-8H2,1-2H3,(H,13,15). The van der Waals surface area contributed by atoms with Crippen LogP contribution in [0.15, 0.2) is 0 Å². The van der Waals surface area contributed by atoms with Crippen LogP contribution in [0.5, 0.6) is 0 Å². The summed E-state index contributed by atoms with van der Waals surface area (Å²) >= 11 is 0. The Hall–Kier alpha value is -0.610. The van der Waals surface area contributed by atoms with Gasteiger partial charge < -0.3 is 15.7 Å². The number of aliphatic hydroxyl groups is 1. The van der Waals surface area contributed by atoms with Crippen LogP contribution in [0.2, 0.25) is 0 Å². The highest BCUT2D eigenvalue weighted by Crippen LogP contribution is 2.29. The second kappa shape index (κ2) is 5.47. The fourth-order valence-electron chi connectivity index (χ4n) is 1.98. The fraction of sp³-hybridized carbons (Fsp3) is 0.909. The minimum Gasteiger partial charge on any atom is -0.393 e. The second-order valence-electron chi connectivity index (χ2n) is 4.45. The maximum absolute atomic E-state index is 11.9. The van der Waals surface area contributed by atoms with Crippen molar-refractivity contribution in [1.29, 1.82) is 0 Å². The highest BCUT2D eigenvalue weighted by Gasteiger charge is 2.38. The van der Waals surface area contributed by atoms with Crippen molar-refractivity contribution in [2.45, 2.75) is 39.2 Å². The Morgan fingerprint density at radius 3 is 2.87 bits per heavy atom. The van der Waals surface area contributed by atoms with E-state index in [4.69, 9.17) is 5.11 Å². The zero-order chi connectivity index (χ0) is 11.3. The van der Waals surface area contributed by atoms with Crippen LogP contribution in [-0.4, -0.2) is 36.8 Å². The molecule has 0 radical (unpaired) electrons. The van der Waals surface area contributed by atoms with Gasteiger partial charge >= 0.3 is 0 Å². The summed E-state index contributed by atoms with van der Waals surface area (Å²) in [4.78, 5) is 11.9. The highest BCUT2D eigenvalue weighted by atomic mass is 16.3. The molecule has 3 N–H and O–H groups in total. The first-order valence-electron chi connectivity index (χ1n) is 5.78. The molecule has 0 aliphatic carbocycles. The van der Waals surface area contributed by atoms with Gasteiger partial charge in [0.15, 0.2) is 0 Å². The van der Waals surface area contributed by atoms with Gasteiger partial charge in [-0.2, -0.15) is 0 Å².